The molecule has 0 atom stereocenters. The van der Waals surface area contributed by atoms with Crippen molar-refractivity contribution >= 4 is 23.2 Å². The van der Waals surface area contributed by atoms with Crippen LogP contribution in [0.1, 0.15) is 10.4 Å². The van der Waals surface area contributed by atoms with Gasteiger partial charge in [-0.25, -0.2) is 0 Å². The molecule has 2 rings (SSSR count). The minimum absolute atomic E-state index is 0.305. The van der Waals surface area contributed by atoms with Crippen molar-refractivity contribution < 1.29 is 34.2 Å². The van der Waals surface area contributed by atoms with Gasteiger partial charge in [0.05, 0.1) is 0 Å². The van der Waals surface area contributed by atoms with Gasteiger partial charge in [0.15, 0.2) is 0 Å². The molecule has 0 fully saturated rings. The van der Waals surface area contributed by atoms with Gasteiger partial charge in [-0.1, -0.05) is 0 Å². The Balaban J connectivity index is 2.12. The van der Waals surface area contributed by atoms with Crippen molar-refractivity contribution in [3.05, 3.63) is 56.6 Å². The number of nitrogens with one attached hydrogen (secondary N) is 1. The third-order valence-electron chi connectivity index (χ3n) is 3.18. The monoisotopic (exact) mass is 463 g/mol. The maximum absolute atomic E-state index is 13.0. The molecule has 1 N–H and O–H groups in total. The van der Waals surface area contributed by atoms with Crippen LogP contribution in [0.5, 0.6) is 5.75 Å². The summed E-state index contributed by atoms with van der Waals surface area (Å²) in [6, 6.07) is 11.8. The fraction of sp³-hybridized carbons (Fsp3) is 0.235. The van der Waals surface area contributed by atoms with Crippen LogP contribution in [0.3, 0.4) is 0 Å². The first-order valence-corrected chi connectivity index (χ1v) is 9.52. The molecule has 0 saturated heterocycles. The van der Waals surface area contributed by atoms with Gasteiger partial charge in [-0.3, -0.25) is 0 Å². The Morgan fingerprint density at radius 2 is 2.04 bits per heavy atom. The van der Waals surface area contributed by atoms with Gasteiger partial charge in [-0.15, -0.1) is 0 Å². The number of hydrogen-bond acceptors (Lipinski definition) is 3. The van der Waals surface area contributed by atoms with E-state index in [9.17, 15) is 7.65 Å². The number of rotatable bonds is 7. The van der Waals surface area contributed by atoms with E-state index in [1.165, 1.54) is 0 Å². The summed E-state index contributed by atoms with van der Waals surface area (Å²) in [5.74, 6) is 0.213. The molecule has 0 heterocycles. The third-order valence-corrected chi connectivity index (χ3v) is 5.16. The molecule has 1 amide bonds. The number of carbonyl (C=O) groups excluding carboxylic acids is 1. The molecule has 130 valence electrons. The van der Waals surface area contributed by atoms with Crippen molar-refractivity contribution in [2.45, 2.75) is 0 Å². The first-order chi connectivity index (χ1) is 11.5. The summed E-state index contributed by atoms with van der Waals surface area (Å²) in [6.45, 7) is 1.23. The molecule has 0 radical (unpaired) electrons. The van der Waals surface area contributed by atoms with Crippen molar-refractivity contribution in [1.29, 1.82) is 0 Å². The standard InChI is InChI=1S/C17H18ClFIN2O2/c1-22(2)9-10-24-16-6-4-3-5-13(16)17(23)21-12-7-8-14(18)15(11-12)20-19/h3-8,11H,9-10H2,1-2H3,(H,21,23)/q-1. The molecule has 7 heteroatoms. The van der Waals surface area contributed by atoms with Crippen LogP contribution in [0.2, 0.25) is 5.02 Å². The van der Waals surface area contributed by atoms with E-state index in [0.29, 0.717) is 32.2 Å². The van der Waals surface area contributed by atoms with Crippen molar-refractivity contribution in [3.63, 3.8) is 0 Å². The van der Waals surface area contributed by atoms with Gasteiger partial charge in [0.2, 0.25) is 0 Å². The molecule has 0 aromatic heterocycles. The first kappa shape index (κ1) is 19.0. The van der Waals surface area contributed by atoms with E-state index in [1.807, 2.05) is 25.1 Å². The normalized spacial score (nSPS) is 10.9. The van der Waals surface area contributed by atoms with Crippen molar-refractivity contribution in [2.75, 3.05) is 32.6 Å². The van der Waals surface area contributed by atoms with Crippen LogP contribution in [0, 0.1) is 3.57 Å². The Hall–Kier alpha value is -1.38. The molecular formula is C17H18ClFIN2O2-. The Morgan fingerprint density at radius 1 is 1.29 bits per heavy atom. The van der Waals surface area contributed by atoms with E-state index in [2.05, 4.69) is 5.32 Å². The predicted octanol–water partition coefficient (Wildman–Crippen LogP) is 0.676. The van der Waals surface area contributed by atoms with Crippen LogP contribution in [-0.4, -0.2) is 38.1 Å². The molecule has 4 nitrogen and oxygen atoms in total. The number of anilines is 1. The second-order valence-corrected chi connectivity index (χ2v) is 7.28. The summed E-state index contributed by atoms with van der Waals surface area (Å²) >= 11 is 4.26. The predicted molar refractivity (Wildman–Crippen MR) is 89.7 cm³/mol. The van der Waals surface area contributed by atoms with Gasteiger partial charge in [-0.05, 0) is 0 Å². The molecule has 2 aromatic rings. The van der Waals surface area contributed by atoms with Gasteiger partial charge < -0.3 is 0 Å². The van der Waals surface area contributed by atoms with Gasteiger partial charge in [0.25, 0.3) is 0 Å². The van der Waals surface area contributed by atoms with Crippen LogP contribution in [0.15, 0.2) is 42.5 Å². The van der Waals surface area contributed by atoms with Crippen molar-refractivity contribution in [3.8, 4) is 5.75 Å². The molecule has 0 aliphatic heterocycles. The third kappa shape index (κ3) is 5.32. The first-order valence-electron chi connectivity index (χ1n) is 7.24. The topological polar surface area (TPSA) is 41.6 Å². The number of nitrogens with zero attached hydrogens (tertiary/aromatic N) is 1. The zero-order valence-electron chi connectivity index (χ0n) is 13.4. The average Bonchev–Trinajstić information content (AvgIpc) is 2.56. The van der Waals surface area contributed by atoms with Crippen LogP contribution in [-0.2, 0) is 0 Å². The molecular weight excluding hydrogens is 446 g/mol. The zero-order chi connectivity index (χ0) is 17.5. The van der Waals surface area contributed by atoms with E-state index < -0.39 is 21.8 Å². The molecule has 24 heavy (non-hydrogen) atoms. The number of amides is 1. The summed E-state index contributed by atoms with van der Waals surface area (Å²) < 4.78 is 19.1. The number of likely N-dealkylation sites (N-methyl/N-ethyl adjacent to an activating group) is 1. The molecule has 0 aliphatic rings. The van der Waals surface area contributed by atoms with Gasteiger partial charge in [0.1, 0.15) is 0 Å². The second kappa shape index (κ2) is 9.19. The van der Waals surface area contributed by atoms with Crippen LogP contribution in [0.4, 0.5) is 8.55 Å². The van der Waals surface area contributed by atoms with Gasteiger partial charge in [-0.2, -0.15) is 0 Å². The number of carbonyl (C=O) groups is 1. The molecule has 0 bridgehead atoms. The summed E-state index contributed by atoms with van der Waals surface area (Å²) in [6.07, 6.45) is 0. The van der Waals surface area contributed by atoms with E-state index in [4.69, 9.17) is 16.3 Å². The Bertz CT molecular complexity index is 713. The van der Waals surface area contributed by atoms with E-state index in [0.717, 1.165) is 6.54 Å². The van der Waals surface area contributed by atoms with Gasteiger partial charge >= 0.3 is 157 Å². The number of ether oxygens (including phenoxy) is 1. The fourth-order valence-electron chi connectivity index (χ4n) is 1.95. The van der Waals surface area contributed by atoms with Crippen molar-refractivity contribution in [1.82, 2.24) is 4.90 Å². The maximum atomic E-state index is 13.0. The SMILES string of the molecule is CN(C)CCOc1ccccc1C(=O)Nc1ccc(Cl)c([I-]F)c1. The van der Waals surface area contributed by atoms with E-state index in [-0.39, 0.29) is 5.91 Å². The quantitative estimate of drug-likeness (QED) is 0.614. The molecule has 2 aromatic carbocycles. The summed E-state index contributed by atoms with van der Waals surface area (Å²) in [4.78, 5) is 14.5. The second-order valence-electron chi connectivity index (χ2n) is 5.30. The molecule has 0 spiro atoms. The van der Waals surface area contributed by atoms with E-state index >= 15 is 0 Å². The zero-order valence-corrected chi connectivity index (χ0v) is 16.3. The van der Waals surface area contributed by atoms with Gasteiger partial charge in [0, 0.05) is 0 Å². The molecule has 0 aliphatic carbocycles. The minimum atomic E-state index is -1.64. The summed E-state index contributed by atoms with van der Waals surface area (Å²) in [7, 11) is 3.90. The Labute approximate surface area is 157 Å². The fourth-order valence-corrected chi connectivity index (χ4v) is 3.07. The number of para-hydroxylation sites is 1. The summed E-state index contributed by atoms with van der Waals surface area (Å²) in [5.41, 5.74) is 0.947. The number of halogens is 3. The Kier molecular flexibility index (Phi) is 7.26. The van der Waals surface area contributed by atoms with E-state index in [1.54, 1.807) is 36.4 Å². The summed E-state index contributed by atoms with van der Waals surface area (Å²) in [5, 5.41) is 3.15. The Morgan fingerprint density at radius 3 is 2.75 bits per heavy atom. The number of hydrogen-bond donors (Lipinski definition) is 1. The molecule has 0 unspecified atom stereocenters. The van der Waals surface area contributed by atoms with Crippen molar-refractivity contribution in [2.24, 2.45) is 0 Å². The van der Waals surface area contributed by atoms with Crippen LogP contribution in [0.25, 0.3) is 0 Å². The van der Waals surface area contributed by atoms with Crippen LogP contribution < -0.4 is 31.8 Å². The number of benzene rings is 2. The molecule has 0 saturated carbocycles. The average molecular weight is 464 g/mol. The van der Waals surface area contributed by atoms with Crippen LogP contribution >= 0.6 is 11.6 Å².